The molecule has 0 atom stereocenters. The largest absolute Gasteiger partial charge is 0.497 e. The van der Waals surface area contributed by atoms with Gasteiger partial charge in [-0.25, -0.2) is 0 Å². The molecule has 0 radical (unpaired) electrons. The van der Waals surface area contributed by atoms with Gasteiger partial charge in [0.05, 0.1) is 28.4 Å². The molecular weight excluding hydrogens is 280 g/mol. The maximum absolute atomic E-state index is 5.61. The van der Waals surface area contributed by atoms with Crippen molar-refractivity contribution in [3.05, 3.63) is 35.9 Å². The summed E-state index contributed by atoms with van der Waals surface area (Å²) in [5.74, 6) is 5.07. The lowest BCUT2D eigenvalue weighted by molar-refractivity contribution is 0.325. The van der Waals surface area contributed by atoms with Crippen LogP contribution in [-0.4, -0.2) is 28.4 Å². The summed E-state index contributed by atoms with van der Waals surface area (Å²) in [6, 6.07) is 9.24. The Bertz CT molecular complexity index is 714. The minimum atomic E-state index is 0.522. The van der Waals surface area contributed by atoms with Gasteiger partial charge >= 0.3 is 0 Å². The Balaban J connectivity index is 2.75. The molecule has 2 aromatic rings. The molecule has 0 aliphatic rings. The van der Waals surface area contributed by atoms with Crippen molar-refractivity contribution in [3.8, 4) is 46.5 Å². The van der Waals surface area contributed by atoms with Gasteiger partial charge in [0.2, 0.25) is 5.75 Å². The Labute approximate surface area is 130 Å². The Morgan fingerprint density at radius 2 is 1.50 bits per heavy atom. The average Bonchev–Trinajstić information content (AvgIpc) is 2.59. The van der Waals surface area contributed by atoms with Crippen LogP contribution in [0.5, 0.6) is 23.0 Å². The minimum Gasteiger partial charge on any atom is -0.497 e. The topological polar surface area (TPSA) is 36.9 Å². The van der Waals surface area contributed by atoms with Gasteiger partial charge in [0.25, 0.3) is 0 Å². The van der Waals surface area contributed by atoms with Crippen LogP contribution in [0.3, 0.4) is 0 Å². The highest BCUT2D eigenvalue weighted by Crippen LogP contribution is 2.45. The second-order valence-electron chi connectivity index (χ2n) is 4.44. The molecule has 0 amide bonds. The van der Waals surface area contributed by atoms with Gasteiger partial charge in [0, 0.05) is 16.7 Å². The van der Waals surface area contributed by atoms with Crippen molar-refractivity contribution in [2.45, 2.75) is 0 Å². The fourth-order valence-corrected chi connectivity index (χ4v) is 2.31. The van der Waals surface area contributed by atoms with Gasteiger partial charge in [0.1, 0.15) is 5.75 Å². The molecule has 0 spiro atoms. The number of hydrogen-bond acceptors (Lipinski definition) is 4. The SMILES string of the molecule is C#Cc1ccc(OC)cc1-c1ccc(OC)c(OC)c1OC. The Hall–Kier alpha value is -2.80. The first kappa shape index (κ1) is 15.6. The fraction of sp³-hybridized carbons (Fsp3) is 0.222. The van der Waals surface area contributed by atoms with Crippen molar-refractivity contribution >= 4 is 0 Å². The third-order valence-electron chi connectivity index (χ3n) is 3.38. The molecule has 114 valence electrons. The number of terminal acetylenes is 1. The highest BCUT2D eigenvalue weighted by molar-refractivity contribution is 5.81. The van der Waals surface area contributed by atoms with E-state index in [1.807, 2.05) is 30.3 Å². The first-order valence-corrected chi connectivity index (χ1v) is 6.64. The van der Waals surface area contributed by atoms with E-state index >= 15 is 0 Å². The summed E-state index contributed by atoms with van der Waals surface area (Å²) in [6.07, 6.45) is 5.61. The third kappa shape index (κ3) is 2.66. The second kappa shape index (κ2) is 6.77. The summed E-state index contributed by atoms with van der Waals surface area (Å²) in [5, 5.41) is 0. The molecule has 0 N–H and O–H groups in total. The molecule has 0 aliphatic carbocycles. The summed E-state index contributed by atoms with van der Waals surface area (Å²) in [4.78, 5) is 0. The highest BCUT2D eigenvalue weighted by Gasteiger charge is 2.19. The van der Waals surface area contributed by atoms with Crippen molar-refractivity contribution in [1.29, 1.82) is 0 Å². The summed E-state index contributed by atoms with van der Waals surface area (Å²) < 4.78 is 21.5. The predicted molar refractivity (Wildman–Crippen MR) is 86.0 cm³/mol. The molecule has 0 aliphatic heterocycles. The molecule has 2 aromatic carbocycles. The lowest BCUT2D eigenvalue weighted by Crippen LogP contribution is -1.98. The summed E-state index contributed by atoms with van der Waals surface area (Å²) in [6.45, 7) is 0. The number of hydrogen-bond donors (Lipinski definition) is 0. The molecule has 2 rings (SSSR count). The van der Waals surface area contributed by atoms with Crippen LogP contribution < -0.4 is 18.9 Å². The van der Waals surface area contributed by atoms with Crippen LogP contribution in [0.25, 0.3) is 11.1 Å². The van der Waals surface area contributed by atoms with E-state index in [2.05, 4.69) is 5.92 Å². The van der Waals surface area contributed by atoms with Crippen molar-refractivity contribution in [2.24, 2.45) is 0 Å². The van der Waals surface area contributed by atoms with Crippen molar-refractivity contribution in [2.75, 3.05) is 28.4 Å². The fourth-order valence-electron chi connectivity index (χ4n) is 2.31. The van der Waals surface area contributed by atoms with Crippen LogP contribution in [0.4, 0.5) is 0 Å². The lowest BCUT2D eigenvalue weighted by Gasteiger charge is -2.17. The molecule has 0 fully saturated rings. The molecule has 0 unspecified atom stereocenters. The average molecular weight is 298 g/mol. The maximum Gasteiger partial charge on any atom is 0.203 e. The van der Waals surface area contributed by atoms with Gasteiger partial charge in [-0.2, -0.15) is 0 Å². The van der Waals surface area contributed by atoms with Crippen LogP contribution in [0.2, 0.25) is 0 Å². The van der Waals surface area contributed by atoms with Gasteiger partial charge in [-0.3, -0.25) is 0 Å². The predicted octanol–water partition coefficient (Wildman–Crippen LogP) is 3.37. The van der Waals surface area contributed by atoms with E-state index in [0.29, 0.717) is 23.0 Å². The molecular formula is C18H18O4. The van der Waals surface area contributed by atoms with Gasteiger partial charge in [-0.1, -0.05) is 5.92 Å². The van der Waals surface area contributed by atoms with E-state index < -0.39 is 0 Å². The van der Waals surface area contributed by atoms with E-state index in [1.165, 1.54) is 0 Å². The van der Waals surface area contributed by atoms with Gasteiger partial charge in [-0.15, -0.1) is 6.42 Å². The van der Waals surface area contributed by atoms with E-state index in [-0.39, 0.29) is 0 Å². The minimum absolute atomic E-state index is 0.522. The van der Waals surface area contributed by atoms with Crippen LogP contribution in [0, 0.1) is 12.3 Å². The van der Waals surface area contributed by atoms with Crippen LogP contribution >= 0.6 is 0 Å². The third-order valence-corrected chi connectivity index (χ3v) is 3.38. The monoisotopic (exact) mass is 298 g/mol. The Kier molecular flexibility index (Phi) is 4.80. The maximum atomic E-state index is 5.61. The van der Waals surface area contributed by atoms with Crippen molar-refractivity contribution in [1.82, 2.24) is 0 Å². The van der Waals surface area contributed by atoms with E-state index in [9.17, 15) is 0 Å². The number of benzene rings is 2. The van der Waals surface area contributed by atoms with Crippen molar-refractivity contribution < 1.29 is 18.9 Å². The highest BCUT2D eigenvalue weighted by atomic mass is 16.5. The van der Waals surface area contributed by atoms with Gasteiger partial charge in [-0.05, 0) is 30.3 Å². The normalized spacial score (nSPS) is 9.77. The first-order valence-electron chi connectivity index (χ1n) is 6.64. The summed E-state index contributed by atoms with van der Waals surface area (Å²) >= 11 is 0. The first-order chi connectivity index (χ1) is 10.7. The number of methoxy groups -OCH3 is 4. The molecule has 4 heteroatoms. The summed E-state index contributed by atoms with van der Waals surface area (Å²) in [7, 11) is 6.34. The van der Waals surface area contributed by atoms with Gasteiger partial charge < -0.3 is 18.9 Å². The standard InChI is InChI=1S/C18H18O4/c1-6-12-7-8-13(19-2)11-15(12)14-9-10-16(20-3)18(22-5)17(14)21-4/h1,7-11H,2-5H3. The van der Waals surface area contributed by atoms with E-state index in [4.69, 9.17) is 25.4 Å². The van der Waals surface area contributed by atoms with Gasteiger partial charge in [0.15, 0.2) is 11.5 Å². The second-order valence-corrected chi connectivity index (χ2v) is 4.44. The zero-order valence-corrected chi connectivity index (χ0v) is 13.1. The van der Waals surface area contributed by atoms with Crippen LogP contribution in [0.15, 0.2) is 30.3 Å². The molecule has 0 saturated carbocycles. The van der Waals surface area contributed by atoms with Crippen molar-refractivity contribution in [3.63, 3.8) is 0 Å². The molecule has 0 saturated heterocycles. The lowest BCUT2D eigenvalue weighted by atomic mass is 9.98. The Morgan fingerprint density at radius 1 is 0.773 bits per heavy atom. The Morgan fingerprint density at radius 3 is 2.05 bits per heavy atom. The number of ether oxygens (including phenoxy) is 4. The van der Waals surface area contributed by atoms with Crippen LogP contribution in [-0.2, 0) is 0 Å². The molecule has 0 bridgehead atoms. The molecule has 0 heterocycles. The number of rotatable bonds is 5. The molecule has 4 nitrogen and oxygen atoms in total. The quantitative estimate of drug-likeness (QED) is 0.793. The van der Waals surface area contributed by atoms with E-state index in [0.717, 1.165) is 16.7 Å². The summed E-state index contributed by atoms with van der Waals surface area (Å²) in [5.41, 5.74) is 2.39. The van der Waals surface area contributed by atoms with E-state index in [1.54, 1.807) is 28.4 Å². The zero-order chi connectivity index (χ0) is 16.1. The molecule has 22 heavy (non-hydrogen) atoms. The molecule has 0 aromatic heterocycles. The smallest absolute Gasteiger partial charge is 0.203 e. The zero-order valence-electron chi connectivity index (χ0n) is 13.1. The van der Waals surface area contributed by atoms with Crippen LogP contribution in [0.1, 0.15) is 5.56 Å².